The van der Waals surface area contributed by atoms with Crippen LogP contribution in [-0.2, 0) is 6.61 Å². The van der Waals surface area contributed by atoms with Crippen molar-refractivity contribution in [2.75, 3.05) is 0 Å². The highest BCUT2D eigenvalue weighted by atomic mass is 32.1. The topological polar surface area (TPSA) is 41.0 Å². The van der Waals surface area contributed by atoms with Gasteiger partial charge in [-0.1, -0.05) is 19.8 Å². The van der Waals surface area contributed by atoms with Crippen LogP contribution < -0.4 is 0 Å². The van der Waals surface area contributed by atoms with E-state index in [1.165, 1.54) is 25.7 Å². The predicted octanol–water partition coefficient (Wildman–Crippen LogP) is 2.79. The fourth-order valence-electron chi connectivity index (χ4n) is 2.57. The van der Waals surface area contributed by atoms with Crippen LogP contribution in [0.3, 0.4) is 0 Å². The number of aliphatic hydroxyl groups is 1. The van der Waals surface area contributed by atoms with Crippen molar-refractivity contribution < 1.29 is 5.11 Å². The number of hydrogen-bond donors (Lipinski definition) is 2. The van der Waals surface area contributed by atoms with Crippen LogP contribution in [0.4, 0.5) is 0 Å². The van der Waals surface area contributed by atoms with E-state index in [1.54, 1.807) is 0 Å². The number of H-pyrrole nitrogens is 1. The third-order valence-corrected chi connectivity index (χ3v) is 3.64. The molecule has 1 aromatic heterocycles. The summed E-state index contributed by atoms with van der Waals surface area (Å²) in [5.74, 6) is 0.770. The van der Waals surface area contributed by atoms with Gasteiger partial charge in [-0.25, -0.2) is 0 Å². The van der Waals surface area contributed by atoms with E-state index in [0.717, 1.165) is 16.4 Å². The molecule has 2 N–H and O–H groups in total. The first-order valence-electron chi connectivity index (χ1n) is 5.62. The van der Waals surface area contributed by atoms with Crippen LogP contribution in [0.2, 0.25) is 0 Å². The van der Waals surface area contributed by atoms with Gasteiger partial charge in [0.2, 0.25) is 0 Å². The fraction of sp³-hybridized carbons (Fsp3) is 0.727. The smallest absolute Gasteiger partial charge is 0.177 e. The van der Waals surface area contributed by atoms with E-state index in [4.69, 9.17) is 12.2 Å². The Kier molecular flexibility index (Phi) is 3.26. The van der Waals surface area contributed by atoms with Gasteiger partial charge in [-0.15, -0.1) is 0 Å². The van der Waals surface area contributed by atoms with Crippen LogP contribution in [0.15, 0.2) is 6.20 Å². The molecule has 2 atom stereocenters. The lowest BCUT2D eigenvalue weighted by Gasteiger charge is -2.28. The average molecular weight is 226 g/mol. The van der Waals surface area contributed by atoms with Crippen molar-refractivity contribution in [2.24, 2.45) is 5.92 Å². The van der Waals surface area contributed by atoms with E-state index in [2.05, 4.69) is 16.5 Å². The minimum Gasteiger partial charge on any atom is -0.390 e. The molecule has 0 radical (unpaired) electrons. The van der Waals surface area contributed by atoms with E-state index in [1.807, 2.05) is 6.20 Å². The molecule has 1 saturated carbocycles. The van der Waals surface area contributed by atoms with Crippen molar-refractivity contribution in [3.63, 3.8) is 0 Å². The molecule has 1 aliphatic carbocycles. The van der Waals surface area contributed by atoms with Crippen LogP contribution in [0, 0.1) is 10.7 Å². The lowest BCUT2D eigenvalue weighted by molar-refractivity contribution is 0.240. The van der Waals surface area contributed by atoms with Crippen LogP contribution in [-0.4, -0.2) is 14.7 Å². The van der Waals surface area contributed by atoms with Crippen LogP contribution in [0.1, 0.15) is 44.3 Å². The predicted molar refractivity (Wildman–Crippen MR) is 62.2 cm³/mol. The van der Waals surface area contributed by atoms with Crippen molar-refractivity contribution in [3.05, 3.63) is 16.7 Å². The Bertz CT molecular complexity index is 382. The number of imidazole rings is 1. The average Bonchev–Trinajstić information content (AvgIpc) is 2.59. The SMILES string of the molecule is CC1CCCC(n2c(CO)c[nH]c2=S)C1. The molecule has 3 nitrogen and oxygen atoms in total. The Balaban J connectivity index is 2.27. The molecule has 0 saturated heterocycles. The molecule has 84 valence electrons. The number of aromatic nitrogens is 2. The first kappa shape index (κ1) is 10.9. The molecule has 0 bridgehead atoms. The second kappa shape index (κ2) is 4.49. The molecule has 1 fully saturated rings. The number of aromatic amines is 1. The van der Waals surface area contributed by atoms with Crippen molar-refractivity contribution in [2.45, 2.75) is 45.3 Å². The van der Waals surface area contributed by atoms with Gasteiger partial charge in [0.05, 0.1) is 12.3 Å². The van der Waals surface area contributed by atoms with E-state index in [0.29, 0.717) is 6.04 Å². The molecule has 0 aliphatic heterocycles. The van der Waals surface area contributed by atoms with E-state index in [-0.39, 0.29) is 6.61 Å². The summed E-state index contributed by atoms with van der Waals surface area (Å²) < 4.78 is 2.85. The largest absolute Gasteiger partial charge is 0.390 e. The monoisotopic (exact) mass is 226 g/mol. The van der Waals surface area contributed by atoms with Gasteiger partial charge >= 0.3 is 0 Å². The van der Waals surface area contributed by atoms with Crippen LogP contribution in [0.25, 0.3) is 0 Å². The second-order valence-corrected chi connectivity index (χ2v) is 4.93. The van der Waals surface area contributed by atoms with Gasteiger partial charge in [0, 0.05) is 12.2 Å². The van der Waals surface area contributed by atoms with Crippen molar-refractivity contribution in [1.29, 1.82) is 0 Å². The van der Waals surface area contributed by atoms with Gasteiger partial charge in [0.25, 0.3) is 0 Å². The maximum Gasteiger partial charge on any atom is 0.177 e. The van der Waals surface area contributed by atoms with Gasteiger partial charge < -0.3 is 14.7 Å². The summed E-state index contributed by atoms with van der Waals surface area (Å²) in [6, 6.07) is 0.481. The molecule has 0 aromatic carbocycles. The summed E-state index contributed by atoms with van der Waals surface area (Å²) in [5, 5.41) is 9.24. The van der Waals surface area contributed by atoms with E-state index < -0.39 is 0 Å². The van der Waals surface area contributed by atoms with Crippen LogP contribution in [0.5, 0.6) is 0 Å². The first-order valence-corrected chi connectivity index (χ1v) is 6.03. The lowest BCUT2D eigenvalue weighted by Crippen LogP contribution is -2.19. The zero-order valence-electron chi connectivity index (χ0n) is 9.07. The highest BCUT2D eigenvalue weighted by molar-refractivity contribution is 7.71. The highest BCUT2D eigenvalue weighted by Gasteiger charge is 2.22. The third kappa shape index (κ3) is 2.16. The standard InChI is InChI=1S/C11H18N2OS/c1-8-3-2-4-9(5-8)13-10(7-14)6-12-11(13)15/h6,8-9,14H,2-5,7H2,1H3,(H,12,15). The number of rotatable bonds is 2. The molecule has 1 aromatic rings. The quantitative estimate of drug-likeness (QED) is 0.761. The molecular weight excluding hydrogens is 208 g/mol. The van der Waals surface area contributed by atoms with Gasteiger partial charge in [-0.05, 0) is 31.0 Å². The number of nitrogens with one attached hydrogen (secondary N) is 1. The fourth-order valence-corrected chi connectivity index (χ4v) is 2.90. The first-order chi connectivity index (χ1) is 7.22. The molecule has 15 heavy (non-hydrogen) atoms. The van der Waals surface area contributed by atoms with Gasteiger partial charge in [-0.2, -0.15) is 0 Å². The summed E-state index contributed by atoms with van der Waals surface area (Å²) in [7, 11) is 0. The normalized spacial score (nSPS) is 26.8. The Morgan fingerprint density at radius 3 is 3.07 bits per heavy atom. The van der Waals surface area contributed by atoms with Gasteiger partial charge in [0.15, 0.2) is 4.77 Å². The second-order valence-electron chi connectivity index (χ2n) is 4.54. The van der Waals surface area contributed by atoms with Gasteiger partial charge in [-0.3, -0.25) is 0 Å². The van der Waals surface area contributed by atoms with E-state index in [9.17, 15) is 5.11 Å². The number of aliphatic hydroxyl groups excluding tert-OH is 1. The molecule has 4 heteroatoms. The zero-order chi connectivity index (χ0) is 10.8. The minimum absolute atomic E-state index is 0.0675. The van der Waals surface area contributed by atoms with Crippen molar-refractivity contribution >= 4 is 12.2 Å². The van der Waals surface area contributed by atoms with Crippen molar-refractivity contribution in [3.8, 4) is 0 Å². The lowest BCUT2D eigenvalue weighted by atomic mass is 9.87. The summed E-state index contributed by atoms with van der Waals surface area (Å²) in [4.78, 5) is 3.02. The van der Waals surface area contributed by atoms with Crippen molar-refractivity contribution in [1.82, 2.24) is 9.55 Å². The molecular formula is C11H18N2OS. The Morgan fingerprint density at radius 2 is 2.40 bits per heavy atom. The number of hydrogen-bond acceptors (Lipinski definition) is 2. The Hall–Kier alpha value is -0.610. The molecule has 2 unspecified atom stereocenters. The Morgan fingerprint density at radius 1 is 1.60 bits per heavy atom. The Labute approximate surface area is 95.1 Å². The third-order valence-electron chi connectivity index (χ3n) is 3.33. The minimum atomic E-state index is 0.0675. The summed E-state index contributed by atoms with van der Waals surface area (Å²) >= 11 is 5.25. The van der Waals surface area contributed by atoms with Gasteiger partial charge in [0.1, 0.15) is 0 Å². The van der Waals surface area contributed by atoms with Crippen LogP contribution >= 0.6 is 12.2 Å². The molecule has 1 heterocycles. The molecule has 0 spiro atoms. The zero-order valence-corrected chi connectivity index (χ0v) is 9.89. The van der Waals surface area contributed by atoms with E-state index >= 15 is 0 Å². The summed E-state index contributed by atoms with van der Waals surface area (Å²) in [5.41, 5.74) is 0.916. The summed E-state index contributed by atoms with van der Waals surface area (Å²) in [6.45, 7) is 2.36. The summed E-state index contributed by atoms with van der Waals surface area (Å²) in [6.07, 6.45) is 6.77. The molecule has 2 rings (SSSR count). The molecule has 0 amide bonds. The maximum atomic E-state index is 9.24. The molecule has 1 aliphatic rings. The highest BCUT2D eigenvalue weighted by Crippen LogP contribution is 2.33. The maximum absolute atomic E-state index is 9.24. The number of nitrogens with zero attached hydrogens (tertiary/aromatic N) is 1.